The lowest BCUT2D eigenvalue weighted by Gasteiger charge is -2.26. The first kappa shape index (κ1) is 9.34. The summed E-state index contributed by atoms with van der Waals surface area (Å²) in [5.41, 5.74) is 0.205. The third-order valence-corrected chi connectivity index (χ3v) is 3.09. The molecule has 0 saturated carbocycles. The normalized spacial score (nSPS) is 28.7. The first-order valence-electron chi connectivity index (χ1n) is 3.83. The molecule has 0 radical (unpaired) electrons. The van der Waals surface area contributed by atoms with Crippen LogP contribution in [0, 0.1) is 5.41 Å². The van der Waals surface area contributed by atoms with Crippen LogP contribution >= 0.6 is 8.46 Å². The summed E-state index contributed by atoms with van der Waals surface area (Å²) in [5.74, 6) is 0. The van der Waals surface area contributed by atoms with Crippen LogP contribution in [-0.2, 0) is 9.36 Å². The molecule has 0 spiro atoms. The van der Waals surface area contributed by atoms with Gasteiger partial charge in [0, 0.05) is 0 Å². The molecule has 0 aromatic carbocycles. The minimum atomic E-state index is -0.544. The minimum Gasteiger partial charge on any atom is -0.285 e. The summed E-state index contributed by atoms with van der Waals surface area (Å²) in [7, 11) is -0.387. The van der Waals surface area contributed by atoms with E-state index >= 15 is 0 Å². The quantitative estimate of drug-likeness (QED) is 0.615. The summed E-state index contributed by atoms with van der Waals surface area (Å²) in [6, 6.07) is 0. The molecule has 12 heavy (non-hydrogen) atoms. The van der Waals surface area contributed by atoms with Crippen molar-refractivity contribution in [2.24, 2.45) is 5.41 Å². The van der Waals surface area contributed by atoms with Crippen molar-refractivity contribution < 1.29 is 9.36 Å². The molecular weight excluding hydrogens is 171 g/mol. The van der Waals surface area contributed by atoms with Crippen LogP contribution in [0.5, 0.6) is 0 Å². The lowest BCUT2D eigenvalue weighted by Crippen LogP contribution is -2.25. The van der Waals surface area contributed by atoms with Gasteiger partial charge in [0.2, 0.25) is 14.0 Å². The van der Waals surface area contributed by atoms with Crippen LogP contribution in [0.4, 0.5) is 0 Å². The third-order valence-electron chi connectivity index (χ3n) is 2.43. The predicted octanol–water partition coefficient (Wildman–Crippen LogP) is 2.72. The Hall–Kier alpha value is -0.750. The lowest BCUT2D eigenvalue weighted by atomic mass is 9.78. The molecule has 0 heterocycles. The van der Waals surface area contributed by atoms with Gasteiger partial charge in [-0.15, -0.1) is 0 Å². The fourth-order valence-corrected chi connectivity index (χ4v) is 1.69. The maximum atomic E-state index is 11.3. The summed E-state index contributed by atoms with van der Waals surface area (Å²) < 4.78 is 10.5. The van der Waals surface area contributed by atoms with Crippen molar-refractivity contribution in [3.63, 3.8) is 0 Å². The molecule has 1 aliphatic rings. The van der Waals surface area contributed by atoms with Crippen LogP contribution in [0.2, 0.25) is 0 Å². The molecule has 1 rings (SSSR count). The van der Waals surface area contributed by atoms with E-state index in [0.29, 0.717) is 6.42 Å². The number of rotatable bonds is 2. The molecule has 0 N–H and O–H groups in total. The second-order valence-electron chi connectivity index (χ2n) is 3.21. The molecule has 0 bridgehead atoms. The lowest BCUT2D eigenvalue weighted by molar-refractivity contribution is -0.117. The Morgan fingerprint density at radius 3 is 2.83 bits per heavy atom. The molecule has 0 fully saturated rings. The Bertz CT molecular complexity index is 278. The zero-order chi connectivity index (χ0) is 9.19. The zero-order valence-corrected chi connectivity index (χ0v) is 8.10. The SMILES string of the molecule is CC1=CC=CCC1(C)C(=O)P=O. The molecule has 2 nitrogen and oxygen atoms in total. The maximum absolute atomic E-state index is 11.3. The van der Waals surface area contributed by atoms with E-state index in [2.05, 4.69) is 0 Å². The van der Waals surface area contributed by atoms with Crippen molar-refractivity contribution in [2.75, 3.05) is 0 Å². The van der Waals surface area contributed by atoms with Crippen LogP contribution < -0.4 is 0 Å². The number of carbonyl (C=O) groups excluding carboxylic acids is 1. The summed E-state index contributed by atoms with van der Waals surface area (Å²) in [6.45, 7) is 3.72. The van der Waals surface area contributed by atoms with Gasteiger partial charge in [0.25, 0.3) is 0 Å². The zero-order valence-electron chi connectivity index (χ0n) is 7.20. The first-order chi connectivity index (χ1) is 5.61. The molecule has 0 aromatic rings. The average Bonchev–Trinajstić information content (AvgIpc) is 2.09. The first-order valence-corrected chi connectivity index (χ1v) is 4.64. The number of hydrogen-bond donors (Lipinski definition) is 0. The Morgan fingerprint density at radius 1 is 1.67 bits per heavy atom. The number of carbonyl (C=O) groups is 1. The topological polar surface area (TPSA) is 34.1 Å². The maximum Gasteiger partial charge on any atom is 0.232 e. The van der Waals surface area contributed by atoms with Crippen LogP contribution in [0.1, 0.15) is 20.3 Å². The highest BCUT2D eigenvalue weighted by atomic mass is 31.1. The molecule has 0 aromatic heterocycles. The van der Waals surface area contributed by atoms with E-state index in [0.717, 1.165) is 5.57 Å². The molecule has 0 saturated heterocycles. The fraction of sp³-hybridized carbons (Fsp3) is 0.444. The monoisotopic (exact) mass is 182 g/mol. The smallest absolute Gasteiger partial charge is 0.232 e. The van der Waals surface area contributed by atoms with E-state index in [9.17, 15) is 9.36 Å². The van der Waals surface area contributed by atoms with Crippen molar-refractivity contribution in [3.05, 3.63) is 23.8 Å². The van der Waals surface area contributed by atoms with Crippen molar-refractivity contribution in [3.8, 4) is 0 Å². The highest BCUT2D eigenvalue weighted by Gasteiger charge is 2.34. The molecule has 1 unspecified atom stereocenters. The second-order valence-corrected chi connectivity index (χ2v) is 3.80. The molecule has 64 valence electrons. The number of hydrogen-bond acceptors (Lipinski definition) is 2. The van der Waals surface area contributed by atoms with Crippen molar-refractivity contribution in [1.29, 1.82) is 0 Å². The standard InChI is InChI=1S/C9H11O2P/c1-7-5-3-4-6-9(7,2)8(10)12-11/h3-5H,6H2,1-2H3. The van der Waals surface area contributed by atoms with Gasteiger partial charge in [0.1, 0.15) is 0 Å². The second kappa shape index (κ2) is 3.32. The number of allylic oxidation sites excluding steroid dienone is 4. The van der Waals surface area contributed by atoms with Crippen molar-refractivity contribution >= 4 is 14.0 Å². The highest BCUT2D eigenvalue weighted by molar-refractivity contribution is 7.46. The van der Waals surface area contributed by atoms with E-state index in [1.807, 2.05) is 32.1 Å². The van der Waals surface area contributed by atoms with E-state index < -0.39 is 5.41 Å². The molecule has 0 aliphatic heterocycles. The van der Waals surface area contributed by atoms with Gasteiger partial charge in [-0.1, -0.05) is 23.8 Å². The van der Waals surface area contributed by atoms with E-state index in [4.69, 9.17) is 0 Å². The molecule has 1 aliphatic carbocycles. The highest BCUT2D eigenvalue weighted by Crippen LogP contribution is 2.37. The van der Waals surface area contributed by atoms with Gasteiger partial charge in [-0.3, -0.25) is 9.36 Å². The van der Waals surface area contributed by atoms with Crippen LogP contribution in [-0.4, -0.2) is 5.52 Å². The van der Waals surface area contributed by atoms with Gasteiger partial charge in [0.15, 0.2) is 0 Å². The Balaban J connectivity index is 3.00. The van der Waals surface area contributed by atoms with E-state index in [1.165, 1.54) is 0 Å². The summed E-state index contributed by atoms with van der Waals surface area (Å²) in [6.07, 6.45) is 6.40. The average molecular weight is 182 g/mol. The summed E-state index contributed by atoms with van der Waals surface area (Å²) >= 11 is 0. The predicted molar refractivity (Wildman–Crippen MR) is 48.2 cm³/mol. The molecule has 0 amide bonds. The largest absolute Gasteiger partial charge is 0.285 e. The van der Waals surface area contributed by atoms with E-state index in [-0.39, 0.29) is 14.0 Å². The molecular formula is C9H11O2P. The third kappa shape index (κ3) is 1.39. The van der Waals surface area contributed by atoms with Gasteiger partial charge >= 0.3 is 0 Å². The van der Waals surface area contributed by atoms with Gasteiger partial charge in [-0.25, -0.2) is 0 Å². The van der Waals surface area contributed by atoms with Gasteiger partial charge < -0.3 is 0 Å². The van der Waals surface area contributed by atoms with Crippen molar-refractivity contribution in [1.82, 2.24) is 0 Å². The summed E-state index contributed by atoms with van der Waals surface area (Å²) in [5, 5.41) is 0. The summed E-state index contributed by atoms with van der Waals surface area (Å²) in [4.78, 5) is 11.3. The molecule has 1 atom stereocenters. The van der Waals surface area contributed by atoms with Crippen LogP contribution in [0.15, 0.2) is 23.8 Å². The Kier molecular flexibility index (Phi) is 2.58. The molecule has 3 heteroatoms. The van der Waals surface area contributed by atoms with E-state index in [1.54, 1.807) is 0 Å². The van der Waals surface area contributed by atoms with Gasteiger partial charge in [0.05, 0.1) is 5.41 Å². The Morgan fingerprint density at radius 2 is 2.33 bits per heavy atom. The van der Waals surface area contributed by atoms with Crippen molar-refractivity contribution in [2.45, 2.75) is 20.3 Å². The minimum absolute atomic E-state index is 0.236. The van der Waals surface area contributed by atoms with Gasteiger partial charge in [-0.05, 0) is 20.3 Å². The van der Waals surface area contributed by atoms with Crippen LogP contribution in [0.3, 0.4) is 0 Å². The fourth-order valence-electron chi connectivity index (χ4n) is 1.22. The van der Waals surface area contributed by atoms with Crippen LogP contribution in [0.25, 0.3) is 0 Å². The Labute approximate surface area is 73.6 Å². The van der Waals surface area contributed by atoms with Gasteiger partial charge in [-0.2, -0.15) is 0 Å².